The fourth-order valence-electron chi connectivity index (χ4n) is 3.14. The molecule has 2 rings (SSSR count). The van der Waals surface area contributed by atoms with Crippen LogP contribution in [-0.2, 0) is 24.3 Å². The van der Waals surface area contributed by atoms with E-state index in [1.54, 1.807) is 19.1 Å². The van der Waals surface area contributed by atoms with Crippen LogP contribution in [0.15, 0.2) is 29.2 Å². The zero-order valence-electron chi connectivity index (χ0n) is 17.3. The third-order valence-electron chi connectivity index (χ3n) is 4.78. The molecule has 0 heterocycles. The Balaban J connectivity index is 1.71. The van der Waals surface area contributed by atoms with Crippen LogP contribution in [0.2, 0.25) is 0 Å². The van der Waals surface area contributed by atoms with Crippen molar-refractivity contribution < 1.29 is 27.5 Å². The first-order valence-corrected chi connectivity index (χ1v) is 11.5. The van der Waals surface area contributed by atoms with E-state index in [9.17, 15) is 22.8 Å². The van der Waals surface area contributed by atoms with Gasteiger partial charge in [0, 0.05) is 12.6 Å². The first-order valence-electron chi connectivity index (χ1n) is 10.0. The van der Waals surface area contributed by atoms with Gasteiger partial charge in [0.1, 0.15) is 0 Å². The molecule has 0 unspecified atom stereocenters. The first kappa shape index (κ1) is 23.8. The van der Waals surface area contributed by atoms with Gasteiger partial charge in [-0.25, -0.2) is 17.9 Å². The molecule has 1 atom stereocenters. The van der Waals surface area contributed by atoms with E-state index in [2.05, 4.69) is 15.4 Å². The molecule has 1 aromatic carbocycles. The Labute approximate surface area is 177 Å². The number of benzene rings is 1. The van der Waals surface area contributed by atoms with E-state index in [1.807, 2.05) is 0 Å². The highest BCUT2D eigenvalue weighted by atomic mass is 32.2. The second-order valence-corrected chi connectivity index (χ2v) is 9.16. The number of esters is 1. The summed E-state index contributed by atoms with van der Waals surface area (Å²) in [7, 11) is -3.74. The Morgan fingerprint density at radius 3 is 2.53 bits per heavy atom. The number of urea groups is 1. The predicted molar refractivity (Wildman–Crippen MR) is 110 cm³/mol. The van der Waals surface area contributed by atoms with Crippen LogP contribution >= 0.6 is 0 Å². The van der Waals surface area contributed by atoms with Gasteiger partial charge in [0.25, 0.3) is 5.91 Å². The van der Waals surface area contributed by atoms with Crippen LogP contribution in [0.3, 0.4) is 0 Å². The molecule has 1 saturated carbocycles. The SMILES string of the molecule is Cc1cccc(S(=O)(=O)NCCC(=O)O[C@H](C)C(=O)NC(=O)NC2CCCCC2)c1. The van der Waals surface area contributed by atoms with Gasteiger partial charge in [-0.15, -0.1) is 0 Å². The predicted octanol–water partition coefficient (Wildman–Crippen LogP) is 1.75. The summed E-state index contributed by atoms with van der Waals surface area (Å²) < 4.78 is 31.7. The molecule has 0 bridgehead atoms. The standard InChI is InChI=1S/C20H29N3O6S/c1-14-7-6-10-17(13-14)30(27,28)21-12-11-18(24)29-15(2)19(25)23-20(26)22-16-8-4-3-5-9-16/h6-7,10,13,15-16,21H,3-5,8-9,11-12H2,1-2H3,(H2,22,23,25,26)/t15-/m1/s1. The zero-order valence-corrected chi connectivity index (χ0v) is 18.1. The van der Waals surface area contributed by atoms with Crippen molar-refractivity contribution in [3.8, 4) is 0 Å². The molecule has 0 saturated heterocycles. The number of ether oxygens (including phenoxy) is 1. The minimum absolute atomic E-state index is 0.0471. The maximum Gasteiger partial charge on any atom is 0.321 e. The molecule has 0 aliphatic heterocycles. The van der Waals surface area contributed by atoms with Crippen LogP contribution in [-0.4, -0.2) is 45.0 Å². The molecular formula is C20H29N3O6S. The van der Waals surface area contributed by atoms with Crippen molar-refractivity contribution in [3.05, 3.63) is 29.8 Å². The lowest BCUT2D eigenvalue weighted by Gasteiger charge is -2.23. The van der Waals surface area contributed by atoms with E-state index < -0.39 is 34.0 Å². The minimum atomic E-state index is -3.74. The molecule has 0 spiro atoms. The number of hydrogen-bond donors (Lipinski definition) is 3. The van der Waals surface area contributed by atoms with Crippen molar-refractivity contribution >= 4 is 27.9 Å². The highest BCUT2D eigenvalue weighted by Gasteiger charge is 2.22. The quantitative estimate of drug-likeness (QED) is 0.529. The van der Waals surface area contributed by atoms with Gasteiger partial charge in [0.2, 0.25) is 10.0 Å². The molecule has 1 aliphatic carbocycles. The number of nitrogens with one attached hydrogen (secondary N) is 3. The number of hydrogen-bond acceptors (Lipinski definition) is 6. The number of carbonyl (C=O) groups excluding carboxylic acids is 3. The number of rotatable bonds is 8. The molecule has 30 heavy (non-hydrogen) atoms. The molecule has 1 aromatic rings. The molecule has 9 nitrogen and oxygen atoms in total. The zero-order chi connectivity index (χ0) is 22.1. The van der Waals surface area contributed by atoms with Gasteiger partial charge < -0.3 is 10.1 Å². The maximum atomic E-state index is 12.2. The fourth-order valence-corrected chi connectivity index (χ4v) is 4.28. The fraction of sp³-hybridized carbons (Fsp3) is 0.550. The molecule has 3 amide bonds. The highest BCUT2D eigenvalue weighted by molar-refractivity contribution is 7.89. The average molecular weight is 440 g/mol. The lowest BCUT2D eigenvalue weighted by Crippen LogP contribution is -2.48. The molecule has 10 heteroatoms. The van der Waals surface area contributed by atoms with Gasteiger partial charge in [-0.3, -0.25) is 14.9 Å². The minimum Gasteiger partial charge on any atom is -0.452 e. The van der Waals surface area contributed by atoms with Crippen molar-refractivity contribution in [2.24, 2.45) is 0 Å². The van der Waals surface area contributed by atoms with E-state index in [-0.39, 0.29) is 23.9 Å². The summed E-state index contributed by atoms with van der Waals surface area (Å²) in [6.07, 6.45) is 3.56. The summed E-state index contributed by atoms with van der Waals surface area (Å²) in [5.74, 6) is -1.49. The topological polar surface area (TPSA) is 131 Å². The van der Waals surface area contributed by atoms with Crippen LogP contribution in [0.25, 0.3) is 0 Å². The summed E-state index contributed by atoms with van der Waals surface area (Å²) in [4.78, 5) is 35.9. The average Bonchev–Trinajstić information content (AvgIpc) is 2.68. The van der Waals surface area contributed by atoms with Gasteiger partial charge in [-0.05, 0) is 44.4 Å². The second kappa shape index (κ2) is 11.1. The monoisotopic (exact) mass is 439 g/mol. The molecular weight excluding hydrogens is 410 g/mol. The van der Waals surface area contributed by atoms with Gasteiger partial charge in [-0.1, -0.05) is 31.4 Å². The Morgan fingerprint density at radius 2 is 1.87 bits per heavy atom. The van der Waals surface area contributed by atoms with E-state index in [1.165, 1.54) is 19.1 Å². The van der Waals surface area contributed by atoms with E-state index in [0.29, 0.717) is 0 Å². The normalized spacial score (nSPS) is 15.8. The van der Waals surface area contributed by atoms with E-state index >= 15 is 0 Å². The molecule has 0 aromatic heterocycles. The largest absolute Gasteiger partial charge is 0.452 e. The van der Waals surface area contributed by atoms with Crippen molar-refractivity contribution in [1.29, 1.82) is 0 Å². The van der Waals surface area contributed by atoms with Gasteiger partial charge in [-0.2, -0.15) is 0 Å². The van der Waals surface area contributed by atoms with Crippen molar-refractivity contribution in [2.45, 2.75) is 69.4 Å². The third-order valence-corrected chi connectivity index (χ3v) is 6.23. The van der Waals surface area contributed by atoms with Crippen LogP contribution in [0.4, 0.5) is 4.79 Å². The molecule has 166 valence electrons. The highest BCUT2D eigenvalue weighted by Crippen LogP contribution is 2.17. The summed E-state index contributed by atoms with van der Waals surface area (Å²) in [6.45, 7) is 2.95. The summed E-state index contributed by atoms with van der Waals surface area (Å²) >= 11 is 0. The number of imide groups is 1. The summed E-state index contributed by atoms with van der Waals surface area (Å²) in [6, 6.07) is 5.82. The van der Waals surface area contributed by atoms with Gasteiger partial charge >= 0.3 is 12.0 Å². The van der Waals surface area contributed by atoms with Crippen molar-refractivity contribution in [2.75, 3.05) is 6.54 Å². The molecule has 1 fully saturated rings. The Bertz CT molecular complexity index is 865. The third kappa shape index (κ3) is 7.75. The molecule has 3 N–H and O–H groups in total. The molecule has 0 radical (unpaired) electrons. The van der Waals surface area contributed by atoms with E-state index in [0.717, 1.165) is 37.7 Å². The van der Waals surface area contributed by atoms with Crippen LogP contribution in [0.5, 0.6) is 0 Å². The second-order valence-electron chi connectivity index (χ2n) is 7.39. The Hall–Kier alpha value is -2.46. The molecule has 1 aliphatic rings. The number of aryl methyl sites for hydroxylation is 1. The summed E-state index contributed by atoms with van der Waals surface area (Å²) in [5, 5.41) is 4.90. The number of carbonyl (C=O) groups is 3. The first-order chi connectivity index (χ1) is 14.2. The van der Waals surface area contributed by atoms with Crippen LogP contribution < -0.4 is 15.4 Å². The lowest BCUT2D eigenvalue weighted by molar-refractivity contribution is -0.154. The van der Waals surface area contributed by atoms with Crippen molar-refractivity contribution in [1.82, 2.24) is 15.4 Å². The Morgan fingerprint density at radius 1 is 1.17 bits per heavy atom. The van der Waals surface area contributed by atoms with Gasteiger partial charge in [0.05, 0.1) is 11.3 Å². The maximum absolute atomic E-state index is 12.2. The smallest absolute Gasteiger partial charge is 0.321 e. The van der Waals surface area contributed by atoms with Crippen LogP contribution in [0.1, 0.15) is 51.0 Å². The van der Waals surface area contributed by atoms with Crippen LogP contribution in [0, 0.1) is 6.92 Å². The van der Waals surface area contributed by atoms with E-state index in [4.69, 9.17) is 4.74 Å². The van der Waals surface area contributed by atoms with Crippen molar-refractivity contribution in [3.63, 3.8) is 0 Å². The Kier molecular flexibility index (Phi) is 8.79. The number of amides is 3. The lowest BCUT2D eigenvalue weighted by atomic mass is 9.96. The summed E-state index contributed by atoms with van der Waals surface area (Å²) in [5.41, 5.74) is 0.796. The number of sulfonamides is 1. The van der Waals surface area contributed by atoms with Gasteiger partial charge in [0.15, 0.2) is 6.10 Å².